The Morgan fingerprint density at radius 2 is 2.00 bits per heavy atom. The van der Waals surface area contributed by atoms with E-state index in [1.54, 1.807) is 18.2 Å². The van der Waals surface area contributed by atoms with E-state index in [9.17, 15) is 8.42 Å². The molecule has 1 aliphatic heterocycles. The van der Waals surface area contributed by atoms with Crippen molar-refractivity contribution < 1.29 is 13.5 Å². The summed E-state index contributed by atoms with van der Waals surface area (Å²) in [6, 6.07) is 5.00. The molecule has 1 aliphatic rings. The number of nitrogens with zero attached hydrogens (tertiary/aromatic N) is 2. The lowest BCUT2D eigenvalue weighted by atomic mass is 10.2. The summed E-state index contributed by atoms with van der Waals surface area (Å²) >= 11 is 6.10. The minimum Gasteiger partial charge on any atom is -0.395 e. The molecular weight excluding hydrogens is 312 g/mol. The van der Waals surface area contributed by atoms with E-state index < -0.39 is 10.0 Å². The van der Waals surface area contributed by atoms with E-state index in [1.165, 1.54) is 4.31 Å². The van der Waals surface area contributed by atoms with Crippen LogP contribution in [0.4, 0.5) is 0 Å². The molecule has 21 heavy (non-hydrogen) atoms. The topological polar surface area (TPSA) is 60.9 Å². The van der Waals surface area contributed by atoms with Crippen LogP contribution in [0.5, 0.6) is 0 Å². The molecule has 0 aromatic heterocycles. The molecule has 1 heterocycles. The van der Waals surface area contributed by atoms with Crippen LogP contribution in [0.15, 0.2) is 23.1 Å². The molecule has 1 N–H and O–H groups in total. The van der Waals surface area contributed by atoms with E-state index in [0.717, 1.165) is 18.5 Å². The van der Waals surface area contributed by atoms with E-state index in [4.69, 9.17) is 16.7 Å². The molecule has 0 saturated carbocycles. The molecule has 0 bridgehead atoms. The summed E-state index contributed by atoms with van der Waals surface area (Å²) in [5.74, 6) is 0. The molecule has 5 nitrogen and oxygen atoms in total. The van der Waals surface area contributed by atoms with E-state index in [-0.39, 0.29) is 16.5 Å². The van der Waals surface area contributed by atoms with E-state index in [2.05, 4.69) is 4.90 Å². The Bertz CT molecular complexity index is 592. The van der Waals surface area contributed by atoms with Crippen molar-refractivity contribution in [2.24, 2.45) is 0 Å². The SMILES string of the molecule is Cc1ccc(S(=O)(=O)N2CCCN(CCO)CC2)c(Cl)c1. The van der Waals surface area contributed by atoms with Crippen LogP contribution in [-0.4, -0.2) is 62.1 Å². The number of halogens is 1. The molecule has 1 aromatic carbocycles. The van der Waals surface area contributed by atoms with Crippen LogP contribution in [0, 0.1) is 6.92 Å². The summed E-state index contributed by atoms with van der Waals surface area (Å²) < 4.78 is 26.9. The van der Waals surface area contributed by atoms with E-state index in [1.807, 2.05) is 6.92 Å². The maximum Gasteiger partial charge on any atom is 0.244 e. The van der Waals surface area contributed by atoms with Gasteiger partial charge in [-0.25, -0.2) is 8.42 Å². The van der Waals surface area contributed by atoms with Crippen molar-refractivity contribution in [1.82, 2.24) is 9.21 Å². The molecule has 0 spiro atoms. The van der Waals surface area contributed by atoms with Crippen molar-refractivity contribution in [3.8, 4) is 0 Å². The van der Waals surface area contributed by atoms with Crippen LogP contribution < -0.4 is 0 Å². The highest BCUT2D eigenvalue weighted by Gasteiger charge is 2.28. The first-order chi connectivity index (χ1) is 9.95. The molecule has 0 unspecified atom stereocenters. The van der Waals surface area contributed by atoms with Gasteiger partial charge in [0.05, 0.1) is 11.6 Å². The van der Waals surface area contributed by atoms with E-state index in [0.29, 0.717) is 26.2 Å². The molecule has 118 valence electrons. The second-order valence-electron chi connectivity index (χ2n) is 5.26. The fraction of sp³-hybridized carbons (Fsp3) is 0.571. The maximum atomic E-state index is 12.7. The van der Waals surface area contributed by atoms with Crippen molar-refractivity contribution in [2.75, 3.05) is 39.3 Å². The number of hydrogen-bond acceptors (Lipinski definition) is 4. The van der Waals surface area contributed by atoms with E-state index >= 15 is 0 Å². The normalized spacial score (nSPS) is 18.6. The molecule has 0 radical (unpaired) electrons. The number of aliphatic hydroxyl groups is 1. The van der Waals surface area contributed by atoms with Crippen LogP contribution in [0.25, 0.3) is 0 Å². The monoisotopic (exact) mass is 332 g/mol. The average Bonchev–Trinajstić information content (AvgIpc) is 2.65. The molecule has 7 heteroatoms. The zero-order valence-electron chi connectivity index (χ0n) is 12.1. The Balaban J connectivity index is 2.19. The van der Waals surface area contributed by atoms with Gasteiger partial charge in [-0.2, -0.15) is 4.31 Å². The summed E-state index contributed by atoms with van der Waals surface area (Å²) in [6.07, 6.45) is 0.753. The summed E-state index contributed by atoms with van der Waals surface area (Å²) in [4.78, 5) is 2.25. The molecular formula is C14H21ClN2O3S. The van der Waals surface area contributed by atoms with Crippen LogP contribution >= 0.6 is 11.6 Å². The largest absolute Gasteiger partial charge is 0.395 e. The van der Waals surface area contributed by atoms with Gasteiger partial charge in [0, 0.05) is 26.2 Å². The Morgan fingerprint density at radius 1 is 1.24 bits per heavy atom. The van der Waals surface area contributed by atoms with Crippen LogP contribution in [0.3, 0.4) is 0 Å². The summed E-state index contributed by atoms with van der Waals surface area (Å²) in [5, 5.41) is 9.26. The van der Waals surface area contributed by atoms with Gasteiger partial charge in [0.2, 0.25) is 10.0 Å². The zero-order valence-corrected chi connectivity index (χ0v) is 13.7. The number of aliphatic hydroxyl groups excluding tert-OH is 1. The first kappa shape index (κ1) is 16.7. The molecule has 1 aromatic rings. The highest BCUT2D eigenvalue weighted by Crippen LogP contribution is 2.26. The Hall–Kier alpha value is -0.660. The molecule has 0 atom stereocenters. The molecule has 2 rings (SSSR count). The van der Waals surface area contributed by atoms with Gasteiger partial charge < -0.3 is 5.11 Å². The van der Waals surface area contributed by atoms with Crippen LogP contribution in [0.1, 0.15) is 12.0 Å². The highest BCUT2D eigenvalue weighted by atomic mass is 35.5. The third-order valence-corrected chi connectivity index (χ3v) is 6.05. The smallest absolute Gasteiger partial charge is 0.244 e. The highest BCUT2D eigenvalue weighted by molar-refractivity contribution is 7.89. The van der Waals surface area contributed by atoms with Crippen molar-refractivity contribution in [3.63, 3.8) is 0 Å². The summed E-state index contributed by atoms with van der Waals surface area (Å²) in [5.41, 5.74) is 0.934. The van der Waals surface area contributed by atoms with Gasteiger partial charge in [0.25, 0.3) is 0 Å². The Kier molecular flexibility index (Phi) is 5.62. The molecule has 0 aliphatic carbocycles. The quantitative estimate of drug-likeness (QED) is 0.904. The first-order valence-electron chi connectivity index (χ1n) is 7.04. The summed E-state index contributed by atoms with van der Waals surface area (Å²) in [7, 11) is -3.56. The van der Waals surface area contributed by atoms with Crippen molar-refractivity contribution in [3.05, 3.63) is 28.8 Å². The second kappa shape index (κ2) is 7.07. The second-order valence-corrected chi connectivity index (χ2v) is 7.57. The van der Waals surface area contributed by atoms with Crippen LogP contribution in [0.2, 0.25) is 5.02 Å². The van der Waals surface area contributed by atoms with Crippen molar-refractivity contribution >= 4 is 21.6 Å². The number of sulfonamides is 1. The zero-order chi connectivity index (χ0) is 15.5. The number of β-amino-alcohol motifs (C(OH)–C–C–N with tert-alkyl or cyclic N) is 1. The lowest BCUT2D eigenvalue weighted by molar-refractivity contribution is 0.202. The first-order valence-corrected chi connectivity index (χ1v) is 8.86. The fourth-order valence-electron chi connectivity index (χ4n) is 2.51. The van der Waals surface area contributed by atoms with Crippen molar-refractivity contribution in [1.29, 1.82) is 0 Å². The third-order valence-electron chi connectivity index (χ3n) is 3.67. The van der Waals surface area contributed by atoms with Crippen molar-refractivity contribution in [2.45, 2.75) is 18.2 Å². The maximum absolute atomic E-state index is 12.7. The molecule has 1 fully saturated rings. The van der Waals surface area contributed by atoms with Gasteiger partial charge in [-0.3, -0.25) is 4.90 Å². The number of hydrogen-bond donors (Lipinski definition) is 1. The number of aryl methyl sites for hydroxylation is 1. The Labute approximate surface area is 131 Å². The lowest BCUT2D eigenvalue weighted by Crippen LogP contribution is -2.36. The van der Waals surface area contributed by atoms with Gasteiger partial charge in [-0.15, -0.1) is 0 Å². The van der Waals surface area contributed by atoms with Gasteiger partial charge in [-0.1, -0.05) is 17.7 Å². The van der Waals surface area contributed by atoms with Gasteiger partial charge >= 0.3 is 0 Å². The predicted molar refractivity (Wildman–Crippen MR) is 83.1 cm³/mol. The molecule has 0 amide bonds. The lowest BCUT2D eigenvalue weighted by Gasteiger charge is -2.21. The molecule has 1 saturated heterocycles. The van der Waals surface area contributed by atoms with Gasteiger partial charge in [0.1, 0.15) is 4.90 Å². The minimum absolute atomic E-state index is 0.0938. The number of benzene rings is 1. The van der Waals surface area contributed by atoms with Crippen LogP contribution in [-0.2, 0) is 10.0 Å². The summed E-state index contributed by atoms with van der Waals surface area (Å²) in [6.45, 7) is 4.88. The number of rotatable bonds is 4. The fourth-order valence-corrected chi connectivity index (χ4v) is 4.55. The average molecular weight is 333 g/mol. The van der Waals surface area contributed by atoms with Gasteiger partial charge in [0.15, 0.2) is 0 Å². The predicted octanol–water partition coefficient (Wildman–Crippen LogP) is 1.34. The third kappa shape index (κ3) is 3.96. The van der Waals surface area contributed by atoms with Gasteiger partial charge in [-0.05, 0) is 37.6 Å². The minimum atomic E-state index is -3.56. The Morgan fingerprint density at radius 3 is 2.67 bits per heavy atom. The standard InChI is InChI=1S/C14H21ClN2O3S/c1-12-3-4-14(13(15)11-12)21(19,20)17-6-2-5-16(7-8-17)9-10-18/h3-4,11,18H,2,5-10H2,1H3.